The number of hydrogen-bond acceptors (Lipinski definition) is 0. The molecule has 1 aliphatic rings. The zero-order valence-corrected chi connectivity index (χ0v) is 17.6. The predicted octanol–water partition coefficient (Wildman–Crippen LogP) is 8.79. The second-order valence-corrected chi connectivity index (χ2v) is 9.66. The maximum atomic E-state index is 2.35. The van der Waals surface area contributed by atoms with Gasteiger partial charge in [-0.15, -0.1) is 0 Å². The van der Waals surface area contributed by atoms with E-state index >= 15 is 0 Å². The lowest BCUT2D eigenvalue weighted by atomic mass is 9.78. The van der Waals surface area contributed by atoms with Crippen LogP contribution in [-0.4, -0.2) is 0 Å². The van der Waals surface area contributed by atoms with Crippen molar-refractivity contribution in [2.24, 2.45) is 23.7 Å². The first-order valence-corrected chi connectivity index (χ1v) is 11.6. The van der Waals surface area contributed by atoms with Crippen molar-refractivity contribution in [3.8, 4) is 0 Å². The second-order valence-electron chi connectivity index (χ2n) is 9.66. The van der Waals surface area contributed by atoms with Gasteiger partial charge in [-0.1, -0.05) is 130 Å². The average Bonchev–Trinajstić information content (AvgIpc) is 2.54. The first-order valence-electron chi connectivity index (χ1n) is 11.6. The molecule has 0 aromatic rings. The average molecular weight is 337 g/mol. The fraction of sp³-hybridized carbons (Fsp3) is 1.00. The van der Waals surface area contributed by atoms with Gasteiger partial charge in [-0.2, -0.15) is 0 Å². The maximum absolute atomic E-state index is 2.35. The van der Waals surface area contributed by atoms with Crippen molar-refractivity contribution in [3.63, 3.8) is 0 Å². The largest absolute Gasteiger partial charge is 0.0628 e. The van der Waals surface area contributed by atoms with Crippen molar-refractivity contribution in [2.75, 3.05) is 0 Å². The van der Waals surface area contributed by atoms with Gasteiger partial charge in [0, 0.05) is 0 Å². The molecular weight excluding hydrogens is 288 g/mol. The van der Waals surface area contributed by atoms with Crippen LogP contribution >= 0.6 is 0 Å². The number of unbranched alkanes of at least 4 members (excludes halogenated alkanes) is 6. The van der Waals surface area contributed by atoms with E-state index < -0.39 is 0 Å². The monoisotopic (exact) mass is 336 g/mol. The van der Waals surface area contributed by atoms with E-state index in [1.165, 1.54) is 77.0 Å². The molecule has 0 heterocycles. The van der Waals surface area contributed by atoms with Crippen LogP contribution in [0.25, 0.3) is 0 Å². The van der Waals surface area contributed by atoms with Crippen molar-refractivity contribution >= 4 is 0 Å². The summed E-state index contributed by atoms with van der Waals surface area (Å²) in [5.41, 5.74) is 0. The van der Waals surface area contributed by atoms with E-state index in [1.807, 2.05) is 0 Å². The van der Waals surface area contributed by atoms with Gasteiger partial charge in [0.2, 0.25) is 0 Å². The van der Waals surface area contributed by atoms with Crippen LogP contribution in [0.2, 0.25) is 0 Å². The van der Waals surface area contributed by atoms with Crippen molar-refractivity contribution in [1.29, 1.82) is 0 Å². The highest BCUT2D eigenvalue weighted by Gasteiger charge is 2.20. The van der Waals surface area contributed by atoms with E-state index in [4.69, 9.17) is 0 Å². The summed E-state index contributed by atoms with van der Waals surface area (Å²) in [4.78, 5) is 0. The van der Waals surface area contributed by atoms with E-state index in [9.17, 15) is 0 Å². The van der Waals surface area contributed by atoms with Gasteiger partial charge in [0.05, 0.1) is 0 Å². The normalized spacial score (nSPS) is 21.8. The predicted molar refractivity (Wildman–Crippen MR) is 111 cm³/mol. The molecule has 0 unspecified atom stereocenters. The van der Waals surface area contributed by atoms with Gasteiger partial charge in [-0.05, 0) is 23.7 Å². The van der Waals surface area contributed by atoms with Gasteiger partial charge >= 0.3 is 0 Å². The molecule has 1 rings (SSSR count). The van der Waals surface area contributed by atoms with Gasteiger partial charge in [0.15, 0.2) is 0 Å². The lowest BCUT2D eigenvalue weighted by Gasteiger charge is -2.28. The van der Waals surface area contributed by atoms with Crippen LogP contribution in [-0.2, 0) is 0 Å². The Morgan fingerprint density at radius 2 is 0.833 bits per heavy atom. The lowest BCUT2D eigenvalue weighted by Crippen LogP contribution is -2.14. The summed E-state index contributed by atoms with van der Waals surface area (Å²) >= 11 is 0. The third-order valence-corrected chi connectivity index (χ3v) is 6.25. The highest BCUT2D eigenvalue weighted by atomic mass is 14.3. The number of rotatable bonds is 14. The van der Waals surface area contributed by atoms with Crippen LogP contribution in [0, 0.1) is 23.7 Å². The van der Waals surface area contributed by atoms with Gasteiger partial charge in [-0.3, -0.25) is 0 Å². The zero-order chi connectivity index (χ0) is 17.6. The third kappa shape index (κ3) is 12.4. The molecule has 0 nitrogen and oxygen atoms in total. The first kappa shape index (κ1) is 22.0. The molecule has 24 heavy (non-hydrogen) atoms. The van der Waals surface area contributed by atoms with Crippen LogP contribution in [0.5, 0.6) is 0 Å². The smallest absolute Gasteiger partial charge is 0.0414 e. The Balaban J connectivity index is 1.89. The molecular formula is C24H48. The second kappa shape index (κ2) is 14.2. The summed E-state index contributed by atoms with van der Waals surface area (Å²) in [6.45, 7) is 9.41. The Hall–Kier alpha value is 0. The quantitative estimate of drug-likeness (QED) is 0.278. The third-order valence-electron chi connectivity index (χ3n) is 6.25. The SMILES string of the molecule is CC(C)CCCCCCC1CCC(CCCCCCC(C)C)CC1. The van der Waals surface area contributed by atoms with E-state index in [-0.39, 0.29) is 0 Å². The fourth-order valence-corrected chi connectivity index (χ4v) is 4.49. The molecule has 144 valence electrons. The van der Waals surface area contributed by atoms with Crippen molar-refractivity contribution in [2.45, 2.75) is 130 Å². The molecule has 1 aliphatic carbocycles. The molecule has 0 aromatic heterocycles. The van der Waals surface area contributed by atoms with E-state index in [0.717, 1.165) is 23.7 Å². The topological polar surface area (TPSA) is 0 Å². The van der Waals surface area contributed by atoms with Crippen LogP contribution in [0.1, 0.15) is 130 Å². The molecule has 0 amide bonds. The standard InChI is InChI=1S/C24H48/c1-21(2)13-9-5-7-11-15-23-17-19-24(20-18-23)16-12-8-6-10-14-22(3)4/h21-24H,5-20H2,1-4H3. The molecule has 0 radical (unpaired) electrons. The summed E-state index contributed by atoms with van der Waals surface area (Å²) in [5.74, 6) is 3.96. The van der Waals surface area contributed by atoms with Crippen LogP contribution < -0.4 is 0 Å². The summed E-state index contributed by atoms with van der Waals surface area (Å²) < 4.78 is 0. The number of hydrogen-bond donors (Lipinski definition) is 0. The highest BCUT2D eigenvalue weighted by molar-refractivity contribution is 4.73. The Kier molecular flexibility index (Phi) is 13.0. The summed E-state index contributed by atoms with van der Waals surface area (Å²) in [7, 11) is 0. The van der Waals surface area contributed by atoms with E-state index in [1.54, 1.807) is 25.7 Å². The lowest BCUT2D eigenvalue weighted by molar-refractivity contribution is 0.244. The molecule has 0 N–H and O–H groups in total. The van der Waals surface area contributed by atoms with Crippen molar-refractivity contribution in [3.05, 3.63) is 0 Å². The maximum Gasteiger partial charge on any atom is -0.0414 e. The molecule has 0 saturated heterocycles. The van der Waals surface area contributed by atoms with Crippen LogP contribution in [0.4, 0.5) is 0 Å². The Morgan fingerprint density at radius 3 is 1.17 bits per heavy atom. The summed E-state index contributed by atoms with van der Waals surface area (Å²) in [5, 5.41) is 0. The Labute approximate surface area is 154 Å². The molecule has 0 aliphatic heterocycles. The van der Waals surface area contributed by atoms with Gasteiger partial charge in [0.1, 0.15) is 0 Å². The van der Waals surface area contributed by atoms with E-state index in [0.29, 0.717) is 0 Å². The molecule has 0 heteroatoms. The summed E-state index contributed by atoms with van der Waals surface area (Å²) in [6, 6.07) is 0. The van der Waals surface area contributed by atoms with Gasteiger partial charge in [0.25, 0.3) is 0 Å². The fourth-order valence-electron chi connectivity index (χ4n) is 4.49. The van der Waals surface area contributed by atoms with E-state index in [2.05, 4.69) is 27.7 Å². The van der Waals surface area contributed by atoms with Crippen molar-refractivity contribution < 1.29 is 0 Å². The molecule has 0 atom stereocenters. The molecule has 0 aromatic carbocycles. The van der Waals surface area contributed by atoms with Gasteiger partial charge in [-0.25, -0.2) is 0 Å². The Morgan fingerprint density at radius 1 is 0.500 bits per heavy atom. The Bertz CT molecular complexity index is 229. The highest BCUT2D eigenvalue weighted by Crippen LogP contribution is 2.34. The minimum Gasteiger partial charge on any atom is -0.0628 e. The van der Waals surface area contributed by atoms with Crippen molar-refractivity contribution in [1.82, 2.24) is 0 Å². The summed E-state index contributed by atoms with van der Waals surface area (Å²) in [6.07, 6.45) is 24.0. The van der Waals surface area contributed by atoms with Gasteiger partial charge < -0.3 is 0 Å². The first-order chi connectivity index (χ1) is 11.6. The molecule has 0 spiro atoms. The molecule has 1 saturated carbocycles. The van der Waals surface area contributed by atoms with Crippen LogP contribution in [0.3, 0.4) is 0 Å². The zero-order valence-electron chi connectivity index (χ0n) is 17.6. The molecule has 1 fully saturated rings. The molecule has 0 bridgehead atoms. The minimum atomic E-state index is 0.899. The minimum absolute atomic E-state index is 0.899. The van der Waals surface area contributed by atoms with Crippen LogP contribution in [0.15, 0.2) is 0 Å².